The molecular formula is C12H13Cl. The van der Waals surface area contributed by atoms with Crippen molar-refractivity contribution in [3.8, 4) is 0 Å². The van der Waals surface area contributed by atoms with Gasteiger partial charge >= 0.3 is 0 Å². The molecule has 13 heavy (non-hydrogen) atoms. The SMILES string of the molecule is C/C(Cl)=C\C(C)=C\c1ccccc1. The predicted molar refractivity (Wildman–Crippen MR) is 59.7 cm³/mol. The summed E-state index contributed by atoms with van der Waals surface area (Å²) in [5.41, 5.74) is 2.37. The van der Waals surface area contributed by atoms with Crippen LogP contribution in [0, 0.1) is 0 Å². The zero-order chi connectivity index (χ0) is 9.68. The maximum atomic E-state index is 5.76. The van der Waals surface area contributed by atoms with Crippen molar-refractivity contribution in [3.05, 3.63) is 52.6 Å². The van der Waals surface area contributed by atoms with Crippen molar-refractivity contribution in [2.24, 2.45) is 0 Å². The zero-order valence-electron chi connectivity index (χ0n) is 7.92. The maximum Gasteiger partial charge on any atom is 0.0152 e. The minimum atomic E-state index is 0.810. The molecular weight excluding hydrogens is 180 g/mol. The number of halogens is 1. The lowest BCUT2D eigenvalue weighted by Gasteiger charge is -1.94. The van der Waals surface area contributed by atoms with E-state index in [1.54, 1.807) is 0 Å². The third kappa shape index (κ3) is 3.95. The predicted octanol–water partition coefficient (Wildman–Crippen LogP) is 4.23. The minimum absolute atomic E-state index is 0.810. The van der Waals surface area contributed by atoms with Gasteiger partial charge < -0.3 is 0 Å². The monoisotopic (exact) mass is 192 g/mol. The third-order valence-corrected chi connectivity index (χ3v) is 1.73. The Morgan fingerprint density at radius 2 is 1.77 bits per heavy atom. The number of hydrogen-bond donors (Lipinski definition) is 0. The number of hydrogen-bond acceptors (Lipinski definition) is 0. The summed E-state index contributed by atoms with van der Waals surface area (Å²) in [6.45, 7) is 3.92. The van der Waals surface area contributed by atoms with Gasteiger partial charge in [-0.2, -0.15) is 0 Å². The molecule has 0 bridgehead atoms. The first kappa shape index (κ1) is 10.1. The van der Waals surface area contributed by atoms with Gasteiger partial charge in [0.1, 0.15) is 0 Å². The average Bonchev–Trinajstić information content (AvgIpc) is 2.04. The summed E-state index contributed by atoms with van der Waals surface area (Å²) < 4.78 is 0. The molecule has 0 amide bonds. The van der Waals surface area contributed by atoms with Crippen LogP contribution in [-0.4, -0.2) is 0 Å². The van der Waals surface area contributed by atoms with Crippen molar-refractivity contribution in [1.82, 2.24) is 0 Å². The van der Waals surface area contributed by atoms with Crippen LogP contribution in [0.15, 0.2) is 47.0 Å². The highest BCUT2D eigenvalue weighted by Crippen LogP contribution is 2.10. The first-order valence-corrected chi connectivity index (χ1v) is 4.63. The van der Waals surface area contributed by atoms with Crippen molar-refractivity contribution in [2.45, 2.75) is 13.8 Å². The van der Waals surface area contributed by atoms with Crippen LogP contribution in [-0.2, 0) is 0 Å². The molecule has 0 saturated carbocycles. The summed E-state index contributed by atoms with van der Waals surface area (Å²) in [6, 6.07) is 10.2. The second kappa shape index (κ2) is 4.88. The number of allylic oxidation sites excluding steroid dienone is 3. The van der Waals surface area contributed by atoms with Crippen molar-refractivity contribution < 1.29 is 0 Å². The molecule has 1 aromatic rings. The van der Waals surface area contributed by atoms with Crippen LogP contribution in [0.1, 0.15) is 19.4 Å². The van der Waals surface area contributed by atoms with E-state index in [0.717, 1.165) is 5.03 Å². The van der Waals surface area contributed by atoms with Gasteiger partial charge in [0, 0.05) is 5.03 Å². The molecule has 0 atom stereocenters. The summed E-state index contributed by atoms with van der Waals surface area (Å²) in [4.78, 5) is 0. The molecule has 0 aliphatic rings. The topological polar surface area (TPSA) is 0 Å². The fourth-order valence-electron chi connectivity index (χ4n) is 1.17. The van der Waals surface area contributed by atoms with Crippen LogP contribution in [0.4, 0.5) is 0 Å². The summed E-state index contributed by atoms with van der Waals surface area (Å²) in [5, 5.41) is 0.810. The zero-order valence-corrected chi connectivity index (χ0v) is 8.68. The number of rotatable bonds is 2. The molecule has 0 aliphatic carbocycles. The molecule has 0 heterocycles. The van der Waals surface area contributed by atoms with Crippen LogP contribution in [0.25, 0.3) is 6.08 Å². The Kier molecular flexibility index (Phi) is 3.78. The van der Waals surface area contributed by atoms with Crippen molar-refractivity contribution in [3.63, 3.8) is 0 Å². The first-order valence-electron chi connectivity index (χ1n) is 4.25. The van der Waals surface area contributed by atoms with E-state index in [9.17, 15) is 0 Å². The van der Waals surface area contributed by atoms with Crippen molar-refractivity contribution in [1.29, 1.82) is 0 Å². The lowest BCUT2D eigenvalue weighted by Crippen LogP contribution is -1.73. The van der Waals surface area contributed by atoms with Gasteiger partial charge in [-0.05, 0) is 31.1 Å². The van der Waals surface area contributed by atoms with Crippen LogP contribution >= 0.6 is 11.6 Å². The summed E-state index contributed by atoms with van der Waals surface area (Å²) >= 11 is 5.76. The van der Waals surface area contributed by atoms with Gasteiger partial charge in [0.2, 0.25) is 0 Å². The lowest BCUT2D eigenvalue weighted by molar-refractivity contribution is 1.50. The van der Waals surface area contributed by atoms with Gasteiger partial charge in [-0.25, -0.2) is 0 Å². The van der Waals surface area contributed by atoms with Crippen LogP contribution in [0.3, 0.4) is 0 Å². The molecule has 0 fully saturated rings. The van der Waals surface area contributed by atoms with E-state index in [1.807, 2.05) is 38.1 Å². The van der Waals surface area contributed by atoms with E-state index in [-0.39, 0.29) is 0 Å². The summed E-state index contributed by atoms with van der Waals surface area (Å²) in [5.74, 6) is 0. The second-order valence-corrected chi connectivity index (χ2v) is 3.63. The Balaban J connectivity index is 2.83. The van der Waals surface area contributed by atoms with Crippen LogP contribution in [0.5, 0.6) is 0 Å². The molecule has 0 aromatic heterocycles. The largest absolute Gasteiger partial charge is 0.0895 e. The van der Waals surface area contributed by atoms with E-state index in [1.165, 1.54) is 11.1 Å². The van der Waals surface area contributed by atoms with Crippen LogP contribution in [0.2, 0.25) is 0 Å². The normalized spacial score (nSPS) is 13.2. The second-order valence-electron chi connectivity index (χ2n) is 3.03. The van der Waals surface area contributed by atoms with Gasteiger partial charge in [0.15, 0.2) is 0 Å². The molecule has 0 spiro atoms. The molecule has 0 radical (unpaired) electrons. The van der Waals surface area contributed by atoms with E-state index < -0.39 is 0 Å². The van der Waals surface area contributed by atoms with E-state index in [0.29, 0.717) is 0 Å². The first-order chi connectivity index (χ1) is 6.18. The molecule has 68 valence electrons. The molecule has 1 aromatic carbocycles. The molecule has 0 N–H and O–H groups in total. The fourth-order valence-corrected chi connectivity index (χ4v) is 1.34. The highest BCUT2D eigenvalue weighted by molar-refractivity contribution is 6.29. The van der Waals surface area contributed by atoms with Gasteiger partial charge in [0.25, 0.3) is 0 Å². The average molecular weight is 193 g/mol. The van der Waals surface area contributed by atoms with Crippen LogP contribution < -0.4 is 0 Å². The van der Waals surface area contributed by atoms with Crippen molar-refractivity contribution in [2.75, 3.05) is 0 Å². The molecule has 0 nitrogen and oxygen atoms in total. The lowest BCUT2D eigenvalue weighted by atomic mass is 10.1. The minimum Gasteiger partial charge on any atom is -0.0895 e. The summed E-state index contributed by atoms with van der Waals surface area (Å²) in [7, 11) is 0. The molecule has 0 unspecified atom stereocenters. The maximum absolute atomic E-state index is 5.76. The quantitative estimate of drug-likeness (QED) is 0.616. The summed E-state index contributed by atoms with van der Waals surface area (Å²) in [6.07, 6.45) is 4.06. The van der Waals surface area contributed by atoms with Gasteiger partial charge in [-0.3, -0.25) is 0 Å². The highest BCUT2D eigenvalue weighted by atomic mass is 35.5. The van der Waals surface area contributed by atoms with Gasteiger partial charge in [-0.15, -0.1) is 0 Å². The Morgan fingerprint density at radius 1 is 1.15 bits per heavy atom. The van der Waals surface area contributed by atoms with Crippen molar-refractivity contribution >= 4 is 17.7 Å². The molecule has 1 rings (SSSR count). The van der Waals surface area contributed by atoms with E-state index in [4.69, 9.17) is 11.6 Å². The van der Waals surface area contributed by atoms with Gasteiger partial charge in [0.05, 0.1) is 0 Å². The Bertz CT molecular complexity index is 316. The Morgan fingerprint density at radius 3 is 2.31 bits per heavy atom. The van der Waals surface area contributed by atoms with E-state index >= 15 is 0 Å². The highest BCUT2D eigenvalue weighted by Gasteiger charge is 1.87. The standard InChI is InChI=1S/C12H13Cl/c1-10(8-11(2)13)9-12-6-4-3-5-7-12/h3-9H,1-2H3/b10-9+,11-8+. The fraction of sp³-hybridized carbons (Fsp3) is 0.167. The Labute approximate surface area is 84.5 Å². The smallest absolute Gasteiger partial charge is 0.0152 e. The molecule has 0 saturated heterocycles. The number of benzene rings is 1. The van der Waals surface area contributed by atoms with Gasteiger partial charge in [-0.1, -0.05) is 48.0 Å². The molecule has 1 heteroatoms. The third-order valence-electron chi connectivity index (χ3n) is 1.62. The van der Waals surface area contributed by atoms with E-state index in [2.05, 4.69) is 18.2 Å². The Hall–Kier alpha value is -1.01. The molecule has 0 aliphatic heterocycles.